The Bertz CT molecular complexity index is 681. The number of carbonyl (C=O) groups is 1. The number of nitrogens with zero attached hydrogens (tertiary/aromatic N) is 1. The van der Waals surface area contributed by atoms with Gasteiger partial charge in [-0.15, -0.1) is 12.4 Å². The van der Waals surface area contributed by atoms with Gasteiger partial charge >= 0.3 is 0 Å². The summed E-state index contributed by atoms with van der Waals surface area (Å²) in [5, 5.41) is 3.48. The third kappa shape index (κ3) is 4.71. The molecular formula is C18H21Cl2N3O. The van der Waals surface area contributed by atoms with Gasteiger partial charge in [-0.25, -0.2) is 0 Å². The Kier molecular flexibility index (Phi) is 6.63. The fraction of sp³-hybridized carbons (Fsp3) is 0.278. The minimum absolute atomic E-state index is 0. The van der Waals surface area contributed by atoms with Gasteiger partial charge in [-0.2, -0.15) is 0 Å². The summed E-state index contributed by atoms with van der Waals surface area (Å²) >= 11 is 5.93. The highest BCUT2D eigenvalue weighted by atomic mass is 35.5. The second-order valence-electron chi connectivity index (χ2n) is 5.93. The van der Waals surface area contributed by atoms with E-state index in [1.807, 2.05) is 30.3 Å². The van der Waals surface area contributed by atoms with Gasteiger partial charge in [-0.05, 0) is 23.8 Å². The van der Waals surface area contributed by atoms with Crippen LogP contribution < -0.4 is 11.1 Å². The van der Waals surface area contributed by atoms with Crippen LogP contribution in [0.4, 0.5) is 5.69 Å². The molecule has 3 N–H and O–H groups in total. The fourth-order valence-corrected chi connectivity index (χ4v) is 3.26. The molecule has 24 heavy (non-hydrogen) atoms. The molecule has 0 spiro atoms. The summed E-state index contributed by atoms with van der Waals surface area (Å²) < 4.78 is 0. The predicted octanol–water partition coefficient (Wildman–Crippen LogP) is 3.13. The number of nitrogens with one attached hydrogen (secondary N) is 1. The van der Waals surface area contributed by atoms with E-state index in [2.05, 4.69) is 22.3 Å². The van der Waals surface area contributed by atoms with E-state index in [9.17, 15) is 4.79 Å². The monoisotopic (exact) mass is 365 g/mol. The van der Waals surface area contributed by atoms with Crippen molar-refractivity contribution >= 4 is 35.6 Å². The molecule has 3 rings (SSSR count). The van der Waals surface area contributed by atoms with Crippen LogP contribution in [0.2, 0.25) is 5.02 Å². The molecule has 2 aromatic rings. The van der Waals surface area contributed by atoms with Crippen molar-refractivity contribution in [2.75, 3.05) is 25.0 Å². The lowest BCUT2D eigenvalue weighted by Gasteiger charge is -2.16. The first-order valence-corrected chi connectivity index (χ1v) is 8.08. The molecule has 0 unspecified atom stereocenters. The third-order valence-corrected chi connectivity index (χ3v) is 4.38. The van der Waals surface area contributed by atoms with E-state index in [1.165, 1.54) is 5.56 Å². The van der Waals surface area contributed by atoms with Crippen LogP contribution in [-0.2, 0) is 4.79 Å². The summed E-state index contributed by atoms with van der Waals surface area (Å²) in [6.07, 6.45) is 0. The van der Waals surface area contributed by atoms with Crippen molar-refractivity contribution in [1.29, 1.82) is 0 Å². The number of anilines is 1. The van der Waals surface area contributed by atoms with Crippen molar-refractivity contribution in [1.82, 2.24) is 4.90 Å². The first-order chi connectivity index (χ1) is 11.1. The highest BCUT2D eigenvalue weighted by Gasteiger charge is 2.31. The third-order valence-electron chi connectivity index (χ3n) is 4.14. The van der Waals surface area contributed by atoms with Crippen molar-refractivity contribution in [3.8, 4) is 0 Å². The molecule has 2 aromatic carbocycles. The maximum atomic E-state index is 12.2. The highest BCUT2D eigenvalue weighted by molar-refractivity contribution is 6.30. The van der Waals surface area contributed by atoms with Gasteiger partial charge in [0, 0.05) is 35.8 Å². The molecule has 128 valence electrons. The zero-order chi connectivity index (χ0) is 16.2. The molecule has 0 aromatic heterocycles. The average Bonchev–Trinajstić information content (AvgIpc) is 2.88. The van der Waals surface area contributed by atoms with Gasteiger partial charge in [0.25, 0.3) is 0 Å². The number of rotatable bonds is 4. The van der Waals surface area contributed by atoms with E-state index in [0.717, 1.165) is 13.1 Å². The molecule has 1 saturated heterocycles. The molecule has 2 atom stereocenters. The summed E-state index contributed by atoms with van der Waals surface area (Å²) in [5.41, 5.74) is 8.21. The zero-order valence-electron chi connectivity index (χ0n) is 13.2. The van der Waals surface area contributed by atoms with Gasteiger partial charge in [0.15, 0.2) is 0 Å². The number of likely N-dealkylation sites (tertiary alicyclic amines) is 1. The highest BCUT2D eigenvalue weighted by Crippen LogP contribution is 2.26. The van der Waals surface area contributed by atoms with Crippen LogP contribution >= 0.6 is 24.0 Å². The van der Waals surface area contributed by atoms with Gasteiger partial charge in [0.05, 0.1) is 6.54 Å². The van der Waals surface area contributed by atoms with Crippen molar-refractivity contribution < 1.29 is 4.79 Å². The van der Waals surface area contributed by atoms with Crippen LogP contribution in [-0.4, -0.2) is 36.5 Å². The van der Waals surface area contributed by atoms with Crippen molar-refractivity contribution in [2.24, 2.45) is 5.73 Å². The van der Waals surface area contributed by atoms with Crippen molar-refractivity contribution in [2.45, 2.75) is 12.0 Å². The second-order valence-corrected chi connectivity index (χ2v) is 6.37. The molecule has 1 aliphatic heterocycles. The Hall–Kier alpha value is -1.59. The van der Waals surface area contributed by atoms with E-state index in [-0.39, 0.29) is 30.3 Å². The molecule has 1 aliphatic rings. The minimum atomic E-state index is -0.0480. The summed E-state index contributed by atoms with van der Waals surface area (Å²) in [4.78, 5) is 14.3. The summed E-state index contributed by atoms with van der Waals surface area (Å²) in [5.74, 6) is 0.225. The van der Waals surface area contributed by atoms with Crippen LogP contribution in [0.5, 0.6) is 0 Å². The minimum Gasteiger partial charge on any atom is -0.326 e. The summed E-state index contributed by atoms with van der Waals surface area (Å²) in [7, 11) is 0. The molecule has 1 fully saturated rings. The molecule has 1 heterocycles. The number of hydrogen-bond donors (Lipinski definition) is 2. The van der Waals surface area contributed by atoms with E-state index >= 15 is 0 Å². The largest absolute Gasteiger partial charge is 0.326 e. The number of benzene rings is 2. The lowest BCUT2D eigenvalue weighted by atomic mass is 9.95. The topological polar surface area (TPSA) is 58.4 Å². The van der Waals surface area contributed by atoms with Crippen molar-refractivity contribution in [3.05, 3.63) is 65.2 Å². The van der Waals surface area contributed by atoms with Crippen LogP contribution in [0, 0.1) is 0 Å². The Labute approximate surface area is 153 Å². The Morgan fingerprint density at radius 2 is 1.92 bits per heavy atom. The molecule has 0 bridgehead atoms. The molecule has 1 amide bonds. The van der Waals surface area contributed by atoms with E-state index < -0.39 is 0 Å². The Balaban J connectivity index is 0.00000208. The molecule has 0 saturated carbocycles. The number of amides is 1. The van der Waals surface area contributed by atoms with Gasteiger partial charge in [0.1, 0.15) is 0 Å². The van der Waals surface area contributed by atoms with E-state index in [0.29, 0.717) is 17.3 Å². The van der Waals surface area contributed by atoms with Gasteiger partial charge < -0.3 is 11.1 Å². The van der Waals surface area contributed by atoms with Crippen LogP contribution in [0.25, 0.3) is 0 Å². The molecule has 4 nitrogen and oxygen atoms in total. The van der Waals surface area contributed by atoms with E-state index in [1.54, 1.807) is 12.1 Å². The van der Waals surface area contributed by atoms with Crippen LogP contribution in [0.1, 0.15) is 11.5 Å². The molecule has 0 radical (unpaired) electrons. The van der Waals surface area contributed by atoms with Gasteiger partial charge in [-0.1, -0.05) is 48.0 Å². The SMILES string of the molecule is Cl.N[C@@H]1CN(CC(=O)Nc2cccc(Cl)c2)C[C@H]1c1ccccc1. The van der Waals surface area contributed by atoms with Crippen LogP contribution in [0.3, 0.4) is 0 Å². The zero-order valence-corrected chi connectivity index (χ0v) is 14.8. The molecule has 0 aliphatic carbocycles. The second kappa shape index (κ2) is 8.49. The standard InChI is InChI=1S/C18H20ClN3O.ClH/c19-14-7-4-8-15(9-14)21-18(23)12-22-10-16(17(20)11-22)13-5-2-1-3-6-13;/h1-9,16-17H,10-12,20H2,(H,21,23);1H/t16-,17+;/m0./s1. The average molecular weight is 366 g/mol. The van der Waals surface area contributed by atoms with Crippen molar-refractivity contribution in [3.63, 3.8) is 0 Å². The lowest BCUT2D eigenvalue weighted by molar-refractivity contribution is -0.117. The van der Waals surface area contributed by atoms with Crippen LogP contribution in [0.15, 0.2) is 54.6 Å². The summed E-state index contributed by atoms with van der Waals surface area (Å²) in [6, 6.07) is 17.5. The number of halogens is 2. The number of nitrogens with two attached hydrogens (primary N) is 1. The number of hydrogen-bond acceptors (Lipinski definition) is 3. The smallest absolute Gasteiger partial charge is 0.238 e. The summed E-state index contributed by atoms with van der Waals surface area (Å²) in [6.45, 7) is 1.86. The number of carbonyl (C=O) groups excluding carboxylic acids is 1. The maximum absolute atomic E-state index is 12.2. The molecule has 6 heteroatoms. The lowest BCUT2D eigenvalue weighted by Crippen LogP contribution is -2.33. The normalized spacial score (nSPS) is 20.4. The Morgan fingerprint density at radius 3 is 2.62 bits per heavy atom. The maximum Gasteiger partial charge on any atom is 0.238 e. The van der Waals surface area contributed by atoms with Gasteiger partial charge in [-0.3, -0.25) is 9.69 Å². The van der Waals surface area contributed by atoms with E-state index in [4.69, 9.17) is 17.3 Å². The fourth-order valence-electron chi connectivity index (χ4n) is 3.07. The first-order valence-electron chi connectivity index (χ1n) is 7.70. The predicted molar refractivity (Wildman–Crippen MR) is 101 cm³/mol. The van der Waals surface area contributed by atoms with Gasteiger partial charge in [0.2, 0.25) is 5.91 Å². The first kappa shape index (κ1) is 18.7. The quantitative estimate of drug-likeness (QED) is 0.874. The molecular weight excluding hydrogens is 345 g/mol. The Morgan fingerprint density at radius 1 is 1.17 bits per heavy atom.